The van der Waals surface area contributed by atoms with Crippen LogP contribution >= 0.6 is 0 Å². The lowest BCUT2D eigenvalue weighted by Crippen LogP contribution is -2.30. The second kappa shape index (κ2) is 4.84. The van der Waals surface area contributed by atoms with Crippen molar-refractivity contribution >= 4 is 11.8 Å². The Balaban J connectivity index is 1.78. The van der Waals surface area contributed by atoms with Crippen LogP contribution in [0.4, 0.5) is 0 Å². The first-order valence-corrected chi connectivity index (χ1v) is 5.96. The molecule has 21 heavy (non-hydrogen) atoms. The molecule has 0 unspecified atom stereocenters. The molecule has 0 atom stereocenters. The minimum atomic E-state index is -0.824. The van der Waals surface area contributed by atoms with E-state index < -0.39 is 23.1 Å². The molecule has 1 aliphatic heterocycles. The van der Waals surface area contributed by atoms with E-state index in [0.717, 1.165) is 6.20 Å². The zero-order valence-electron chi connectivity index (χ0n) is 10.6. The summed E-state index contributed by atoms with van der Waals surface area (Å²) < 4.78 is 0. The highest BCUT2D eigenvalue weighted by Gasteiger charge is 2.36. The largest absolute Gasteiger partial charge is 0.502 e. The van der Waals surface area contributed by atoms with E-state index in [4.69, 9.17) is 9.94 Å². The van der Waals surface area contributed by atoms with Gasteiger partial charge in [-0.3, -0.25) is 19.2 Å². The fourth-order valence-corrected chi connectivity index (χ4v) is 1.91. The van der Waals surface area contributed by atoms with Crippen LogP contribution < -0.4 is 5.56 Å². The zero-order chi connectivity index (χ0) is 15.0. The van der Waals surface area contributed by atoms with Crippen LogP contribution in [0.3, 0.4) is 0 Å². The van der Waals surface area contributed by atoms with Crippen LogP contribution in [-0.2, 0) is 11.4 Å². The molecule has 1 aromatic carbocycles. The monoisotopic (exact) mass is 287 g/mol. The van der Waals surface area contributed by atoms with Crippen molar-refractivity contribution in [3.63, 3.8) is 0 Å². The van der Waals surface area contributed by atoms with Crippen molar-refractivity contribution in [2.45, 2.75) is 6.61 Å². The molecule has 0 saturated carbocycles. The Morgan fingerprint density at radius 2 is 1.76 bits per heavy atom. The molecule has 0 spiro atoms. The number of H-pyrrole nitrogens is 1. The standard InChI is InChI=1S/C13H9N3O5/c17-9-5-14-10(15-11(9)18)6-21-16-12(19)7-3-1-2-4-8(7)13(16)20/h1-5,17H,6H2,(H,14,15,18). The molecule has 3 rings (SSSR count). The summed E-state index contributed by atoms with van der Waals surface area (Å²) >= 11 is 0. The van der Waals surface area contributed by atoms with Crippen LogP contribution in [0.1, 0.15) is 26.5 Å². The van der Waals surface area contributed by atoms with Crippen LogP contribution in [0, 0.1) is 0 Å². The number of amides is 2. The molecule has 2 heterocycles. The summed E-state index contributed by atoms with van der Waals surface area (Å²) in [7, 11) is 0. The average Bonchev–Trinajstić information content (AvgIpc) is 2.73. The van der Waals surface area contributed by atoms with Gasteiger partial charge < -0.3 is 10.1 Å². The summed E-state index contributed by atoms with van der Waals surface area (Å²) in [6.07, 6.45) is 1.05. The lowest BCUT2D eigenvalue weighted by Gasteiger charge is -2.12. The van der Waals surface area contributed by atoms with Gasteiger partial charge in [-0.25, -0.2) is 0 Å². The maximum absolute atomic E-state index is 12.0. The van der Waals surface area contributed by atoms with E-state index in [1.807, 2.05) is 0 Å². The molecule has 0 fully saturated rings. The molecule has 2 N–H and O–H groups in total. The predicted octanol–water partition coefficient (Wildman–Crippen LogP) is 0.203. The van der Waals surface area contributed by atoms with E-state index >= 15 is 0 Å². The van der Waals surface area contributed by atoms with Crippen molar-refractivity contribution in [2.24, 2.45) is 0 Å². The van der Waals surface area contributed by atoms with E-state index in [2.05, 4.69) is 9.97 Å². The number of fused-ring (bicyclic) bond motifs is 1. The van der Waals surface area contributed by atoms with E-state index in [-0.39, 0.29) is 23.6 Å². The predicted molar refractivity (Wildman–Crippen MR) is 68.3 cm³/mol. The van der Waals surface area contributed by atoms with Crippen molar-refractivity contribution in [1.82, 2.24) is 15.0 Å². The van der Waals surface area contributed by atoms with Gasteiger partial charge in [0.05, 0.1) is 17.3 Å². The van der Waals surface area contributed by atoms with Gasteiger partial charge in [-0.1, -0.05) is 12.1 Å². The third-order valence-electron chi connectivity index (χ3n) is 2.92. The van der Waals surface area contributed by atoms with Gasteiger partial charge in [0.15, 0.2) is 5.75 Å². The minimum absolute atomic E-state index is 0.0781. The first kappa shape index (κ1) is 13.0. The van der Waals surface area contributed by atoms with E-state index in [9.17, 15) is 14.4 Å². The third kappa shape index (κ3) is 2.17. The summed E-state index contributed by atoms with van der Waals surface area (Å²) in [5, 5.41) is 9.68. The molecule has 8 nitrogen and oxygen atoms in total. The van der Waals surface area contributed by atoms with Crippen molar-refractivity contribution in [3.8, 4) is 5.75 Å². The zero-order valence-corrected chi connectivity index (χ0v) is 10.6. The Bertz CT molecular complexity index is 763. The number of nitrogens with one attached hydrogen (secondary N) is 1. The number of carbonyl (C=O) groups excluding carboxylic acids is 2. The highest BCUT2D eigenvalue weighted by molar-refractivity contribution is 6.20. The molecule has 0 aliphatic carbocycles. The van der Waals surface area contributed by atoms with Gasteiger partial charge in [-0.05, 0) is 12.1 Å². The summed E-state index contributed by atoms with van der Waals surface area (Å²) in [6, 6.07) is 6.35. The number of aromatic hydroxyl groups is 1. The average molecular weight is 287 g/mol. The molecule has 1 aliphatic rings. The SMILES string of the molecule is O=C1c2ccccc2C(=O)N1OCc1nc(=O)c(O)c[nH]1. The smallest absolute Gasteiger partial charge is 0.315 e. The van der Waals surface area contributed by atoms with Gasteiger partial charge in [0, 0.05) is 0 Å². The lowest BCUT2D eigenvalue weighted by molar-refractivity contribution is -0.103. The maximum Gasteiger partial charge on any atom is 0.315 e. The number of hydroxylamine groups is 2. The van der Waals surface area contributed by atoms with E-state index in [0.29, 0.717) is 5.06 Å². The molecule has 8 heteroatoms. The van der Waals surface area contributed by atoms with Crippen molar-refractivity contribution < 1.29 is 19.5 Å². The topological polar surface area (TPSA) is 113 Å². The number of hydrogen-bond donors (Lipinski definition) is 2. The van der Waals surface area contributed by atoms with Gasteiger partial charge >= 0.3 is 5.56 Å². The van der Waals surface area contributed by atoms with Crippen molar-refractivity contribution in [1.29, 1.82) is 0 Å². The Morgan fingerprint density at radius 1 is 1.14 bits per heavy atom. The highest BCUT2D eigenvalue weighted by atomic mass is 16.7. The summed E-state index contributed by atoms with van der Waals surface area (Å²) in [4.78, 5) is 46.3. The van der Waals surface area contributed by atoms with Gasteiger partial charge in [0.25, 0.3) is 11.8 Å². The highest BCUT2D eigenvalue weighted by Crippen LogP contribution is 2.22. The molecule has 0 bridgehead atoms. The second-order valence-corrected chi connectivity index (χ2v) is 4.26. The summed E-state index contributed by atoms with van der Waals surface area (Å²) in [5.41, 5.74) is -0.306. The Hall–Kier alpha value is -3.00. The normalized spacial score (nSPS) is 13.6. The molecular formula is C13H9N3O5. The number of aromatic amines is 1. The quantitative estimate of drug-likeness (QED) is 0.780. The molecule has 0 radical (unpaired) electrons. The molecule has 1 aromatic heterocycles. The number of rotatable bonds is 3. The summed E-state index contributed by atoms with van der Waals surface area (Å²) in [5.74, 6) is -1.60. The molecule has 2 amide bonds. The molecule has 106 valence electrons. The van der Waals surface area contributed by atoms with E-state index in [1.165, 1.54) is 12.1 Å². The minimum Gasteiger partial charge on any atom is -0.502 e. The second-order valence-electron chi connectivity index (χ2n) is 4.26. The number of hydrogen-bond acceptors (Lipinski definition) is 6. The van der Waals surface area contributed by atoms with Crippen LogP contribution in [0.2, 0.25) is 0 Å². The van der Waals surface area contributed by atoms with Crippen LogP contribution in [0.5, 0.6) is 5.75 Å². The van der Waals surface area contributed by atoms with Gasteiger partial charge in [-0.15, -0.1) is 5.06 Å². The number of imide groups is 1. The van der Waals surface area contributed by atoms with Crippen molar-refractivity contribution in [2.75, 3.05) is 0 Å². The number of carbonyl (C=O) groups is 2. The van der Waals surface area contributed by atoms with Crippen LogP contribution in [0.25, 0.3) is 0 Å². The third-order valence-corrected chi connectivity index (χ3v) is 2.92. The Morgan fingerprint density at radius 3 is 2.33 bits per heavy atom. The summed E-state index contributed by atoms with van der Waals surface area (Å²) in [6.45, 7) is -0.291. The van der Waals surface area contributed by atoms with Crippen LogP contribution in [0.15, 0.2) is 35.3 Å². The molecule has 0 saturated heterocycles. The maximum atomic E-state index is 12.0. The number of nitrogens with zero attached hydrogens (tertiary/aromatic N) is 2. The Kier molecular flexibility index (Phi) is 2.99. The fraction of sp³-hybridized carbons (Fsp3) is 0.0769. The molecule has 2 aromatic rings. The van der Waals surface area contributed by atoms with E-state index in [1.54, 1.807) is 12.1 Å². The number of benzene rings is 1. The number of aromatic nitrogens is 2. The van der Waals surface area contributed by atoms with Crippen molar-refractivity contribution in [3.05, 3.63) is 57.8 Å². The van der Waals surface area contributed by atoms with Crippen LogP contribution in [-0.4, -0.2) is 32.0 Å². The Labute approximate surface area is 117 Å². The first-order valence-electron chi connectivity index (χ1n) is 5.96. The first-order chi connectivity index (χ1) is 10.1. The van der Waals surface area contributed by atoms with Gasteiger partial charge in [0.2, 0.25) is 0 Å². The lowest BCUT2D eigenvalue weighted by atomic mass is 10.1. The van der Waals surface area contributed by atoms with Gasteiger partial charge in [0.1, 0.15) is 12.4 Å². The molecular weight excluding hydrogens is 278 g/mol. The van der Waals surface area contributed by atoms with Gasteiger partial charge in [-0.2, -0.15) is 4.98 Å². The fourth-order valence-electron chi connectivity index (χ4n) is 1.91.